The van der Waals surface area contributed by atoms with Crippen LogP contribution in [0, 0.1) is 0 Å². The van der Waals surface area contributed by atoms with Gasteiger partial charge in [0.15, 0.2) is 0 Å². The van der Waals surface area contributed by atoms with E-state index in [-0.39, 0.29) is 21.5 Å². The van der Waals surface area contributed by atoms with Gasteiger partial charge in [-0.05, 0) is 31.0 Å². The van der Waals surface area contributed by atoms with E-state index in [1.54, 1.807) is 18.2 Å². The molecule has 3 rings (SSSR count). The summed E-state index contributed by atoms with van der Waals surface area (Å²) in [6.07, 6.45) is 2.80. The van der Waals surface area contributed by atoms with Gasteiger partial charge in [0.1, 0.15) is 6.54 Å². The van der Waals surface area contributed by atoms with E-state index < -0.39 is 21.5 Å². The van der Waals surface area contributed by atoms with Gasteiger partial charge in [-0.15, -0.1) is 0 Å². The minimum Gasteiger partial charge on any atom is -0.323 e. The topological polar surface area (TPSA) is 88.5 Å². The van der Waals surface area contributed by atoms with Gasteiger partial charge in [0.25, 0.3) is 5.56 Å². The summed E-state index contributed by atoms with van der Waals surface area (Å²) in [6.45, 7) is 0.551. The molecule has 27 heavy (non-hydrogen) atoms. The average molecular weight is 430 g/mol. The number of carbonyl (C=O) groups excluding carboxylic acids is 1. The van der Waals surface area contributed by atoms with Crippen LogP contribution in [0.2, 0.25) is 10.0 Å². The SMILES string of the molecule is O=C(Cn1cc(S(=O)(=O)N2CCCC2)ccc1=O)Nc1cccc(Cl)c1Cl. The molecule has 1 amide bonds. The molecular weight excluding hydrogens is 413 g/mol. The zero-order valence-electron chi connectivity index (χ0n) is 14.2. The fourth-order valence-corrected chi connectivity index (χ4v) is 4.69. The van der Waals surface area contributed by atoms with Crippen molar-refractivity contribution in [1.29, 1.82) is 0 Å². The molecule has 2 heterocycles. The first-order valence-corrected chi connectivity index (χ1v) is 10.4. The first-order valence-electron chi connectivity index (χ1n) is 8.23. The van der Waals surface area contributed by atoms with Crippen molar-refractivity contribution in [2.24, 2.45) is 0 Å². The molecule has 1 saturated heterocycles. The van der Waals surface area contributed by atoms with E-state index in [9.17, 15) is 18.0 Å². The Bertz CT molecular complexity index is 1030. The standard InChI is InChI=1S/C17H17Cl2N3O4S/c18-13-4-3-5-14(17(13)19)20-15(23)11-21-10-12(6-7-16(21)24)27(25,26)22-8-1-2-9-22/h3-7,10H,1-2,8-9,11H2,(H,20,23). The minimum atomic E-state index is -3.68. The third-order valence-corrected chi connectivity index (χ3v) is 6.90. The summed E-state index contributed by atoms with van der Waals surface area (Å²) in [5.41, 5.74) is -0.175. The van der Waals surface area contributed by atoms with E-state index in [0.717, 1.165) is 23.5 Å². The number of nitrogens with one attached hydrogen (secondary N) is 1. The summed E-state index contributed by atoms with van der Waals surface area (Å²) < 4.78 is 27.7. The zero-order valence-corrected chi connectivity index (χ0v) is 16.5. The molecular formula is C17H17Cl2N3O4S. The first-order chi connectivity index (χ1) is 12.8. The Morgan fingerprint density at radius 1 is 1.11 bits per heavy atom. The van der Waals surface area contributed by atoms with E-state index in [1.807, 2.05) is 0 Å². The third-order valence-electron chi connectivity index (χ3n) is 4.20. The lowest BCUT2D eigenvalue weighted by Gasteiger charge is -2.16. The van der Waals surface area contributed by atoms with E-state index >= 15 is 0 Å². The van der Waals surface area contributed by atoms with Crippen LogP contribution >= 0.6 is 23.2 Å². The number of pyridine rings is 1. The Labute approximate surface area is 166 Å². The molecule has 0 atom stereocenters. The molecule has 2 aromatic rings. The summed E-state index contributed by atoms with van der Waals surface area (Å²) in [4.78, 5) is 24.3. The van der Waals surface area contributed by atoms with Crippen LogP contribution < -0.4 is 10.9 Å². The van der Waals surface area contributed by atoms with Crippen molar-refractivity contribution in [3.05, 3.63) is 56.9 Å². The Morgan fingerprint density at radius 2 is 1.81 bits per heavy atom. The number of benzene rings is 1. The second-order valence-electron chi connectivity index (χ2n) is 6.09. The highest BCUT2D eigenvalue weighted by atomic mass is 35.5. The van der Waals surface area contributed by atoms with E-state index in [1.165, 1.54) is 16.6 Å². The van der Waals surface area contributed by atoms with Crippen LogP contribution in [0.3, 0.4) is 0 Å². The maximum atomic E-state index is 12.6. The Kier molecular flexibility index (Phi) is 5.90. The predicted octanol–water partition coefficient (Wildman–Crippen LogP) is 2.58. The number of sulfonamides is 1. The van der Waals surface area contributed by atoms with Crippen molar-refractivity contribution in [2.75, 3.05) is 18.4 Å². The number of halogens is 2. The molecule has 1 fully saturated rings. The fourth-order valence-electron chi connectivity index (χ4n) is 2.81. The maximum absolute atomic E-state index is 12.6. The molecule has 0 radical (unpaired) electrons. The second kappa shape index (κ2) is 8.02. The lowest BCUT2D eigenvalue weighted by molar-refractivity contribution is -0.116. The molecule has 1 aromatic carbocycles. The number of hydrogen-bond acceptors (Lipinski definition) is 4. The molecule has 7 nitrogen and oxygen atoms in total. The molecule has 0 spiro atoms. The predicted molar refractivity (Wildman–Crippen MR) is 104 cm³/mol. The lowest BCUT2D eigenvalue weighted by Crippen LogP contribution is -2.31. The van der Waals surface area contributed by atoms with Gasteiger partial charge in [-0.3, -0.25) is 9.59 Å². The molecule has 0 saturated carbocycles. The minimum absolute atomic E-state index is 0.0161. The summed E-state index contributed by atoms with van der Waals surface area (Å²) >= 11 is 11.9. The number of aromatic nitrogens is 1. The van der Waals surface area contributed by atoms with E-state index in [2.05, 4.69) is 5.32 Å². The number of hydrogen-bond donors (Lipinski definition) is 1. The molecule has 0 aliphatic carbocycles. The van der Waals surface area contributed by atoms with Crippen LogP contribution in [0.1, 0.15) is 12.8 Å². The Balaban J connectivity index is 1.81. The molecule has 1 N–H and O–H groups in total. The van der Waals surface area contributed by atoms with Gasteiger partial charge in [0.05, 0.1) is 20.6 Å². The Morgan fingerprint density at radius 3 is 2.52 bits per heavy atom. The van der Waals surface area contributed by atoms with Gasteiger partial charge in [0, 0.05) is 25.4 Å². The highest BCUT2D eigenvalue weighted by Gasteiger charge is 2.27. The summed E-state index contributed by atoms with van der Waals surface area (Å²) in [7, 11) is -3.68. The lowest BCUT2D eigenvalue weighted by atomic mass is 10.3. The summed E-state index contributed by atoms with van der Waals surface area (Å²) in [5.74, 6) is -0.531. The fraction of sp³-hybridized carbons (Fsp3) is 0.294. The number of rotatable bonds is 5. The van der Waals surface area contributed by atoms with Crippen molar-refractivity contribution in [3.8, 4) is 0 Å². The normalized spacial score (nSPS) is 15.0. The molecule has 1 aliphatic rings. The average Bonchev–Trinajstić information content (AvgIpc) is 3.16. The molecule has 1 aromatic heterocycles. The van der Waals surface area contributed by atoms with Crippen LogP contribution in [-0.2, 0) is 21.4 Å². The zero-order chi connectivity index (χ0) is 19.6. The van der Waals surface area contributed by atoms with Gasteiger partial charge in [-0.25, -0.2) is 8.42 Å². The van der Waals surface area contributed by atoms with Crippen LogP contribution in [0.25, 0.3) is 0 Å². The van der Waals surface area contributed by atoms with Gasteiger partial charge < -0.3 is 9.88 Å². The van der Waals surface area contributed by atoms with E-state index in [0.29, 0.717) is 18.8 Å². The molecule has 0 bridgehead atoms. The van der Waals surface area contributed by atoms with Crippen LogP contribution in [0.15, 0.2) is 46.2 Å². The highest BCUT2D eigenvalue weighted by molar-refractivity contribution is 7.89. The number of carbonyl (C=O) groups is 1. The first kappa shape index (κ1) is 19.9. The highest BCUT2D eigenvalue weighted by Crippen LogP contribution is 2.29. The monoisotopic (exact) mass is 429 g/mol. The van der Waals surface area contributed by atoms with E-state index in [4.69, 9.17) is 23.2 Å². The third kappa shape index (κ3) is 4.35. The smallest absolute Gasteiger partial charge is 0.251 e. The molecule has 144 valence electrons. The Hall–Kier alpha value is -1.87. The van der Waals surface area contributed by atoms with Crippen molar-refractivity contribution >= 4 is 44.8 Å². The van der Waals surface area contributed by atoms with Crippen molar-refractivity contribution in [1.82, 2.24) is 8.87 Å². The number of nitrogens with zero attached hydrogens (tertiary/aromatic N) is 2. The van der Waals surface area contributed by atoms with Crippen molar-refractivity contribution in [2.45, 2.75) is 24.3 Å². The molecule has 0 unspecified atom stereocenters. The largest absolute Gasteiger partial charge is 0.323 e. The van der Waals surface area contributed by atoms with Crippen molar-refractivity contribution < 1.29 is 13.2 Å². The van der Waals surface area contributed by atoms with Crippen LogP contribution in [0.5, 0.6) is 0 Å². The van der Waals surface area contributed by atoms with Crippen molar-refractivity contribution in [3.63, 3.8) is 0 Å². The van der Waals surface area contributed by atoms with Gasteiger partial charge in [-0.1, -0.05) is 29.3 Å². The summed E-state index contributed by atoms with van der Waals surface area (Å²) in [6, 6.07) is 7.18. The van der Waals surface area contributed by atoms with Gasteiger partial charge in [0.2, 0.25) is 15.9 Å². The maximum Gasteiger partial charge on any atom is 0.251 e. The van der Waals surface area contributed by atoms with Crippen LogP contribution in [-0.4, -0.2) is 36.3 Å². The number of anilines is 1. The summed E-state index contributed by atoms with van der Waals surface area (Å²) in [5, 5.41) is 3.03. The van der Waals surface area contributed by atoms with Gasteiger partial charge in [-0.2, -0.15) is 4.31 Å². The van der Waals surface area contributed by atoms with Gasteiger partial charge >= 0.3 is 0 Å². The number of amides is 1. The molecule has 1 aliphatic heterocycles. The molecule has 10 heteroatoms. The van der Waals surface area contributed by atoms with Crippen LogP contribution in [0.4, 0.5) is 5.69 Å². The quantitative estimate of drug-likeness (QED) is 0.790. The second-order valence-corrected chi connectivity index (χ2v) is 8.81.